The lowest BCUT2D eigenvalue weighted by Crippen LogP contribution is -2.39. The molecule has 0 radical (unpaired) electrons. The molecule has 5 heteroatoms. The predicted molar refractivity (Wildman–Crippen MR) is 93.4 cm³/mol. The van der Waals surface area contributed by atoms with Crippen molar-refractivity contribution in [2.45, 2.75) is 19.6 Å². The second-order valence-corrected chi connectivity index (χ2v) is 5.99. The van der Waals surface area contributed by atoms with Crippen LogP contribution in [0.25, 0.3) is 5.57 Å². The first kappa shape index (κ1) is 17.2. The Morgan fingerprint density at radius 3 is 2.84 bits per heavy atom. The number of hydrogen-bond acceptors (Lipinski definition) is 3. The molecule has 3 rings (SSSR count). The summed E-state index contributed by atoms with van der Waals surface area (Å²) in [6.07, 6.45) is 1.21. The van der Waals surface area contributed by atoms with E-state index in [1.165, 1.54) is 6.07 Å². The minimum absolute atomic E-state index is 0.0818. The summed E-state index contributed by atoms with van der Waals surface area (Å²) >= 11 is 0. The molecule has 1 N–H and O–H groups in total. The van der Waals surface area contributed by atoms with Gasteiger partial charge in [0.05, 0.1) is 6.61 Å². The molecular formula is C20H20FNO3. The van der Waals surface area contributed by atoms with E-state index in [-0.39, 0.29) is 18.3 Å². The fourth-order valence-corrected chi connectivity index (χ4v) is 2.87. The Balaban J connectivity index is 1.63. The third-order valence-electron chi connectivity index (χ3n) is 4.19. The van der Waals surface area contributed by atoms with E-state index in [2.05, 4.69) is 0 Å². The Hall–Kier alpha value is -2.66. The molecule has 0 fully saturated rings. The molecule has 1 amide bonds. The van der Waals surface area contributed by atoms with E-state index < -0.39 is 6.10 Å². The Morgan fingerprint density at radius 1 is 1.28 bits per heavy atom. The van der Waals surface area contributed by atoms with Crippen LogP contribution in [0, 0.1) is 5.82 Å². The van der Waals surface area contributed by atoms with E-state index in [0.29, 0.717) is 24.4 Å². The van der Waals surface area contributed by atoms with Gasteiger partial charge in [0.15, 0.2) is 6.10 Å². The molecule has 0 aromatic heterocycles. The highest BCUT2D eigenvalue weighted by Crippen LogP contribution is 2.24. The minimum atomic E-state index is -0.665. The number of amides is 1. The zero-order valence-electron chi connectivity index (χ0n) is 14.0. The van der Waals surface area contributed by atoms with Crippen molar-refractivity contribution in [3.05, 3.63) is 71.6 Å². The number of carbonyl (C=O) groups is 1. The van der Waals surface area contributed by atoms with Crippen LogP contribution >= 0.6 is 0 Å². The number of rotatable bonds is 5. The first-order valence-corrected chi connectivity index (χ1v) is 8.17. The lowest BCUT2D eigenvalue weighted by molar-refractivity contribution is -0.136. The maximum atomic E-state index is 13.9. The molecule has 2 aromatic rings. The third kappa shape index (κ3) is 3.88. The Labute approximate surface area is 146 Å². The van der Waals surface area contributed by atoms with Gasteiger partial charge in [0.2, 0.25) is 0 Å². The summed E-state index contributed by atoms with van der Waals surface area (Å²) in [7, 11) is 0. The first-order chi connectivity index (χ1) is 12.1. The van der Waals surface area contributed by atoms with Crippen LogP contribution in [0.3, 0.4) is 0 Å². The third-order valence-corrected chi connectivity index (χ3v) is 4.19. The molecule has 1 atom stereocenters. The van der Waals surface area contributed by atoms with Gasteiger partial charge in [-0.3, -0.25) is 4.79 Å². The highest BCUT2D eigenvalue weighted by molar-refractivity contribution is 5.85. The largest absolute Gasteiger partial charge is 0.481 e. The van der Waals surface area contributed by atoms with E-state index in [0.717, 1.165) is 11.1 Å². The SMILES string of the molecule is CC(Oc1cccc(CO)c1)C(=O)N1CC=C(c2ccccc2F)C1. The van der Waals surface area contributed by atoms with Crippen molar-refractivity contribution < 1.29 is 19.0 Å². The average Bonchev–Trinajstić information content (AvgIpc) is 3.11. The number of hydrogen-bond donors (Lipinski definition) is 1. The van der Waals surface area contributed by atoms with E-state index in [1.807, 2.05) is 6.08 Å². The number of nitrogens with zero attached hydrogens (tertiary/aromatic N) is 1. The van der Waals surface area contributed by atoms with Crippen molar-refractivity contribution in [2.24, 2.45) is 0 Å². The highest BCUT2D eigenvalue weighted by Gasteiger charge is 2.26. The standard InChI is InChI=1S/C20H20FNO3/c1-14(25-17-6-4-5-15(11-17)13-23)20(24)22-10-9-16(12-22)18-7-2-3-8-19(18)21/h2-9,11,14,23H,10,12-13H2,1H3. The van der Waals surface area contributed by atoms with Crippen molar-refractivity contribution in [1.29, 1.82) is 0 Å². The van der Waals surface area contributed by atoms with E-state index >= 15 is 0 Å². The summed E-state index contributed by atoms with van der Waals surface area (Å²) in [5.41, 5.74) is 2.06. The van der Waals surface area contributed by atoms with Crippen molar-refractivity contribution in [3.8, 4) is 5.75 Å². The van der Waals surface area contributed by atoms with Crippen molar-refractivity contribution in [2.75, 3.05) is 13.1 Å². The number of carbonyl (C=O) groups excluding carboxylic acids is 1. The second kappa shape index (κ2) is 7.49. The van der Waals surface area contributed by atoms with Crippen molar-refractivity contribution in [1.82, 2.24) is 4.90 Å². The summed E-state index contributed by atoms with van der Waals surface area (Å²) in [6.45, 7) is 2.41. The van der Waals surface area contributed by atoms with Crippen molar-refractivity contribution in [3.63, 3.8) is 0 Å². The monoisotopic (exact) mass is 341 g/mol. The molecule has 1 aliphatic rings. The molecule has 2 aromatic carbocycles. The highest BCUT2D eigenvalue weighted by atomic mass is 19.1. The molecule has 0 saturated heterocycles. The number of ether oxygens (including phenoxy) is 1. The molecule has 1 aliphatic heterocycles. The maximum Gasteiger partial charge on any atom is 0.263 e. The van der Waals surface area contributed by atoms with Gasteiger partial charge in [-0.25, -0.2) is 4.39 Å². The molecule has 4 nitrogen and oxygen atoms in total. The lowest BCUT2D eigenvalue weighted by Gasteiger charge is -2.22. The topological polar surface area (TPSA) is 49.8 Å². The van der Waals surface area contributed by atoms with Crippen molar-refractivity contribution >= 4 is 11.5 Å². The maximum absolute atomic E-state index is 13.9. The Morgan fingerprint density at radius 2 is 2.08 bits per heavy atom. The molecule has 1 heterocycles. The van der Waals surface area contributed by atoms with E-state index in [4.69, 9.17) is 9.84 Å². The fraction of sp³-hybridized carbons (Fsp3) is 0.250. The Kier molecular flexibility index (Phi) is 5.14. The van der Waals surface area contributed by atoms with Crippen LogP contribution in [-0.4, -0.2) is 35.1 Å². The van der Waals surface area contributed by atoms with Gasteiger partial charge in [-0.15, -0.1) is 0 Å². The zero-order valence-corrected chi connectivity index (χ0v) is 14.0. The van der Waals surface area contributed by atoms with Crippen LogP contribution in [-0.2, 0) is 11.4 Å². The summed E-state index contributed by atoms with van der Waals surface area (Å²) in [5.74, 6) is 0.0963. The number of halogens is 1. The normalized spacial score (nSPS) is 15.0. The minimum Gasteiger partial charge on any atom is -0.481 e. The molecule has 0 bridgehead atoms. The predicted octanol–water partition coefficient (Wildman–Crippen LogP) is 3.01. The van der Waals surface area contributed by atoms with Gasteiger partial charge in [0.25, 0.3) is 5.91 Å². The molecule has 1 unspecified atom stereocenters. The average molecular weight is 341 g/mol. The summed E-state index contributed by atoms with van der Waals surface area (Å²) in [5, 5.41) is 9.17. The van der Waals surface area contributed by atoms with E-state index in [9.17, 15) is 9.18 Å². The van der Waals surface area contributed by atoms with Gasteiger partial charge in [-0.05, 0) is 36.3 Å². The summed E-state index contributed by atoms with van der Waals surface area (Å²) < 4.78 is 19.6. The fourth-order valence-electron chi connectivity index (χ4n) is 2.87. The molecule has 0 saturated carbocycles. The Bertz CT molecular complexity index is 803. The zero-order chi connectivity index (χ0) is 17.8. The van der Waals surface area contributed by atoms with Crippen LogP contribution in [0.1, 0.15) is 18.1 Å². The quantitative estimate of drug-likeness (QED) is 0.909. The second-order valence-electron chi connectivity index (χ2n) is 5.99. The molecule has 0 aliphatic carbocycles. The van der Waals surface area contributed by atoms with Crippen LogP contribution < -0.4 is 4.74 Å². The van der Waals surface area contributed by atoms with Crippen LogP contribution in [0.2, 0.25) is 0 Å². The molecule has 0 spiro atoms. The number of benzene rings is 2. The molecule has 25 heavy (non-hydrogen) atoms. The van der Waals surface area contributed by atoms with Gasteiger partial charge in [0, 0.05) is 18.7 Å². The van der Waals surface area contributed by atoms with Gasteiger partial charge in [-0.1, -0.05) is 36.4 Å². The van der Waals surface area contributed by atoms with Crippen LogP contribution in [0.5, 0.6) is 5.75 Å². The van der Waals surface area contributed by atoms with Gasteiger partial charge in [-0.2, -0.15) is 0 Å². The summed E-state index contributed by atoms with van der Waals surface area (Å²) in [6, 6.07) is 13.6. The number of aliphatic hydroxyl groups excluding tert-OH is 1. The number of aliphatic hydroxyl groups is 1. The van der Waals surface area contributed by atoms with Crippen LogP contribution in [0.15, 0.2) is 54.6 Å². The van der Waals surface area contributed by atoms with Gasteiger partial charge >= 0.3 is 0 Å². The van der Waals surface area contributed by atoms with E-state index in [1.54, 1.807) is 54.3 Å². The summed E-state index contributed by atoms with van der Waals surface area (Å²) in [4.78, 5) is 14.2. The molecule has 130 valence electrons. The molecular weight excluding hydrogens is 321 g/mol. The smallest absolute Gasteiger partial charge is 0.263 e. The van der Waals surface area contributed by atoms with Gasteiger partial charge < -0.3 is 14.7 Å². The van der Waals surface area contributed by atoms with Crippen LogP contribution in [0.4, 0.5) is 4.39 Å². The van der Waals surface area contributed by atoms with Gasteiger partial charge in [0.1, 0.15) is 11.6 Å². The lowest BCUT2D eigenvalue weighted by atomic mass is 10.1. The first-order valence-electron chi connectivity index (χ1n) is 8.17.